The number of carboxylic acid groups (broad SMARTS) is 1. The van der Waals surface area contributed by atoms with E-state index >= 15 is 0 Å². The van der Waals surface area contributed by atoms with Gasteiger partial charge in [0.25, 0.3) is 5.91 Å². The summed E-state index contributed by atoms with van der Waals surface area (Å²) in [5.74, 6) is -1.28. The van der Waals surface area contributed by atoms with Gasteiger partial charge in [0.1, 0.15) is 23.6 Å². The van der Waals surface area contributed by atoms with Crippen LogP contribution >= 0.6 is 0 Å². The number of para-hydroxylation sites is 1. The first-order chi connectivity index (χ1) is 23.0. The molecule has 2 aromatic rings. The number of likely N-dealkylation sites (tertiary alicyclic amines) is 2. The second kappa shape index (κ2) is 17.5. The van der Waals surface area contributed by atoms with E-state index in [9.17, 15) is 29.1 Å². The molecule has 0 saturated carbocycles. The highest BCUT2D eigenvalue weighted by Crippen LogP contribution is 2.23. The average Bonchev–Trinajstić information content (AvgIpc) is 3.08. The molecule has 12 heteroatoms. The van der Waals surface area contributed by atoms with Crippen LogP contribution in [0.4, 0.5) is 4.79 Å². The summed E-state index contributed by atoms with van der Waals surface area (Å²) < 4.78 is 11.2. The van der Waals surface area contributed by atoms with Crippen molar-refractivity contribution < 1.29 is 38.6 Å². The number of amides is 4. The Balaban J connectivity index is 1.26. The molecule has 2 aliphatic rings. The summed E-state index contributed by atoms with van der Waals surface area (Å²) in [6.07, 6.45) is 4.26. The number of carboxylic acids is 1. The fourth-order valence-electron chi connectivity index (χ4n) is 6.05. The summed E-state index contributed by atoms with van der Waals surface area (Å²) in [7, 11) is 0. The molecule has 0 spiro atoms. The monoisotopic (exact) mass is 664 g/mol. The molecule has 2 atom stereocenters. The Kier molecular flexibility index (Phi) is 13.2. The van der Waals surface area contributed by atoms with Gasteiger partial charge in [-0.2, -0.15) is 0 Å². The zero-order chi connectivity index (χ0) is 34.6. The molecular formula is C36H48N4O8. The largest absolute Gasteiger partial charge is 0.484 e. The molecule has 2 heterocycles. The van der Waals surface area contributed by atoms with Gasteiger partial charge in [0.2, 0.25) is 11.8 Å². The number of piperidine rings is 2. The number of rotatable bonds is 13. The number of nitrogens with one attached hydrogen (secondary N) is 2. The second-order valence-corrected chi connectivity index (χ2v) is 13.1. The van der Waals surface area contributed by atoms with E-state index in [1.165, 1.54) is 0 Å². The molecule has 0 unspecified atom stereocenters. The zero-order valence-corrected chi connectivity index (χ0v) is 28.1. The van der Waals surface area contributed by atoms with Crippen molar-refractivity contribution in [2.24, 2.45) is 11.8 Å². The maximum Gasteiger partial charge on any atom is 0.415 e. The average molecular weight is 665 g/mol. The number of hydrogen-bond donors (Lipinski definition) is 3. The zero-order valence-electron chi connectivity index (χ0n) is 28.1. The lowest BCUT2D eigenvalue weighted by Crippen LogP contribution is -2.53. The van der Waals surface area contributed by atoms with E-state index in [1.807, 2.05) is 37.8 Å². The Bertz CT molecular complexity index is 1420. The number of hydrogen-bond acceptors (Lipinski definition) is 7. The van der Waals surface area contributed by atoms with Crippen LogP contribution < -0.4 is 20.1 Å². The van der Waals surface area contributed by atoms with Crippen molar-refractivity contribution in [3.63, 3.8) is 0 Å². The summed E-state index contributed by atoms with van der Waals surface area (Å²) in [5, 5.41) is 15.1. The maximum atomic E-state index is 13.2. The molecule has 260 valence electrons. The molecule has 48 heavy (non-hydrogen) atoms. The van der Waals surface area contributed by atoms with Gasteiger partial charge in [-0.25, -0.2) is 9.59 Å². The third-order valence-corrected chi connectivity index (χ3v) is 8.76. The number of nitrogens with zero attached hydrogens (tertiary/aromatic N) is 2. The van der Waals surface area contributed by atoms with E-state index in [-0.39, 0.29) is 30.8 Å². The van der Waals surface area contributed by atoms with Crippen LogP contribution in [-0.4, -0.2) is 89.6 Å². The number of aliphatic carboxylic acids is 1. The molecule has 2 aliphatic heterocycles. The van der Waals surface area contributed by atoms with Crippen molar-refractivity contribution in [1.82, 2.24) is 20.4 Å². The highest BCUT2D eigenvalue weighted by molar-refractivity contribution is 5.91. The van der Waals surface area contributed by atoms with E-state index in [0.29, 0.717) is 49.4 Å². The fourth-order valence-corrected chi connectivity index (χ4v) is 6.05. The van der Waals surface area contributed by atoms with Crippen LogP contribution in [0.25, 0.3) is 0 Å². The lowest BCUT2D eigenvalue weighted by molar-refractivity contribution is -0.142. The number of benzene rings is 2. The standard InChI is InChI=1S/C36H48N4O8/c1-24(2)21-29(37-32(41)23-47-31-10-6-5-9-25(31)3)33(42)38-30(35(44)45)22-26-11-13-28(14-12-26)48-36(46)40-19-15-27(16-20-40)34(43)39-17-7-4-8-18-39/h5-6,9-14,24,27,29-30H,4,7-8,15-23H2,1-3H3,(H,37,41)(H,38,42)(H,44,45)/t29-,30-/m0/s1. The Morgan fingerprint density at radius 3 is 2.15 bits per heavy atom. The molecule has 3 N–H and O–H groups in total. The van der Waals surface area contributed by atoms with Crippen LogP contribution in [0.5, 0.6) is 11.5 Å². The molecule has 2 aromatic carbocycles. The van der Waals surface area contributed by atoms with E-state index in [2.05, 4.69) is 10.6 Å². The maximum absolute atomic E-state index is 13.2. The topological polar surface area (TPSA) is 155 Å². The third kappa shape index (κ3) is 10.7. The summed E-state index contributed by atoms with van der Waals surface area (Å²) in [6, 6.07) is 11.5. The van der Waals surface area contributed by atoms with Crippen molar-refractivity contribution in [2.45, 2.75) is 77.8 Å². The first-order valence-electron chi connectivity index (χ1n) is 16.9. The van der Waals surface area contributed by atoms with Gasteiger partial charge in [-0.15, -0.1) is 0 Å². The fraction of sp³-hybridized carbons (Fsp3) is 0.528. The Morgan fingerprint density at radius 1 is 0.854 bits per heavy atom. The van der Waals surface area contributed by atoms with Gasteiger partial charge < -0.3 is 35.0 Å². The Hall–Kier alpha value is -4.61. The van der Waals surface area contributed by atoms with Crippen molar-refractivity contribution in [1.29, 1.82) is 0 Å². The van der Waals surface area contributed by atoms with Crippen molar-refractivity contribution in [3.05, 3.63) is 59.7 Å². The molecule has 0 bridgehead atoms. The highest BCUT2D eigenvalue weighted by atomic mass is 16.6. The van der Waals surface area contributed by atoms with E-state index in [4.69, 9.17) is 9.47 Å². The van der Waals surface area contributed by atoms with Gasteiger partial charge in [-0.1, -0.05) is 44.2 Å². The molecule has 12 nitrogen and oxygen atoms in total. The minimum atomic E-state index is -1.25. The first-order valence-corrected chi connectivity index (χ1v) is 16.9. The minimum Gasteiger partial charge on any atom is -0.484 e. The molecule has 4 amide bonds. The smallest absolute Gasteiger partial charge is 0.415 e. The van der Waals surface area contributed by atoms with E-state index in [1.54, 1.807) is 41.3 Å². The molecule has 0 aromatic heterocycles. The van der Waals surface area contributed by atoms with Crippen LogP contribution in [-0.2, 0) is 25.6 Å². The molecule has 2 fully saturated rings. The van der Waals surface area contributed by atoms with Crippen molar-refractivity contribution >= 4 is 29.8 Å². The Labute approximate surface area is 282 Å². The van der Waals surface area contributed by atoms with Gasteiger partial charge in [0.15, 0.2) is 6.61 Å². The molecule has 0 aliphatic carbocycles. The molecule has 0 radical (unpaired) electrons. The SMILES string of the molecule is Cc1ccccc1OCC(=O)N[C@@H](CC(C)C)C(=O)N[C@@H](Cc1ccc(OC(=O)N2CCC(C(=O)N3CCCCC3)CC2)cc1)C(=O)O. The van der Waals surface area contributed by atoms with Crippen LogP contribution in [0.1, 0.15) is 63.5 Å². The lowest BCUT2D eigenvalue weighted by atomic mass is 9.94. The van der Waals surface area contributed by atoms with Gasteiger partial charge in [-0.05, 0) is 80.7 Å². The summed E-state index contributed by atoms with van der Waals surface area (Å²) in [6.45, 7) is 7.90. The predicted octanol–water partition coefficient (Wildman–Crippen LogP) is 3.94. The summed E-state index contributed by atoms with van der Waals surface area (Å²) in [4.78, 5) is 67.2. The second-order valence-electron chi connectivity index (χ2n) is 13.1. The van der Waals surface area contributed by atoms with Gasteiger partial charge in [-0.3, -0.25) is 14.4 Å². The summed E-state index contributed by atoms with van der Waals surface area (Å²) >= 11 is 0. The minimum absolute atomic E-state index is 0.0212. The van der Waals surface area contributed by atoms with Crippen molar-refractivity contribution in [2.75, 3.05) is 32.8 Å². The van der Waals surface area contributed by atoms with Gasteiger partial charge in [0.05, 0.1) is 0 Å². The van der Waals surface area contributed by atoms with Crippen LogP contribution in [0.3, 0.4) is 0 Å². The molecule has 4 rings (SSSR count). The third-order valence-electron chi connectivity index (χ3n) is 8.76. The first kappa shape index (κ1) is 36.2. The molecule has 2 saturated heterocycles. The number of ether oxygens (including phenoxy) is 2. The number of carbonyl (C=O) groups excluding carboxylic acids is 4. The van der Waals surface area contributed by atoms with Crippen molar-refractivity contribution in [3.8, 4) is 11.5 Å². The highest BCUT2D eigenvalue weighted by Gasteiger charge is 2.32. The van der Waals surface area contributed by atoms with Crippen LogP contribution in [0.2, 0.25) is 0 Å². The lowest BCUT2D eigenvalue weighted by Gasteiger charge is -2.35. The van der Waals surface area contributed by atoms with Gasteiger partial charge >= 0.3 is 12.1 Å². The Morgan fingerprint density at radius 2 is 1.52 bits per heavy atom. The number of aryl methyl sites for hydroxylation is 1. The normalized spacial score (nSPS) is 16.5. The summed E-state index contributed by atoms with van der Waals surface area (Å²) in [5.41, 5.74) is 1.48. The van der Waals surface area contributed by atoms with E-state index < -0.39 is 36.0 Å². The van der Waals surface area contributed by atoms with Gasteiger partial charge in [0, 0.05) is 38.5 Å². The molecular weight excluding hydrogens is 616 g/mol. The quantitative estimate of drug-likeness (QED) is 0.291. The van der Waals surface area contributed by atoms with E-state index in [0.717, 1.165) is 37.9 Å². The number of carbonyl (C=O) groups is 5. The predicted molar refractivity (Wildman–Crippen MR) is 179 cm³/mol. The van der Waals surface area contributed by atoms with Crippen LogP contribution in [0, 0.1) is 18.8 Å². The van der Waals surface area contributed by atoms with Crippen LogP contribution in [0.15, 0.2) is 48.5 Å².